The first kappa shape index (κ1) is 17.9. The van der Waals surface area contributed by atoms with Crippen LogP contribution in [0.15, 0.2) is 34.9 Å². The Morgan fingerprint density at radius 1 is 1.29 bits per heavy atom. The molecule has 3 N–H and O–H groups in total. The second-order valence-electron chi connectivity index (χ2n) is 8.27. The molecule has 0 aromatic rings. The Bertz CT molecular complexity index is 559. The molecule has 3 heteroatoms. The summed E-state index contributed by atoms with van der Waals surface area (Å²) in [5, 5.41) is 29.5. The first-order valence-corrected chi connectivity index (χ1v) is 9.49. The minimum absolute atomic E-state index is 0.0894. The molecule has 1 saturated carbocycles. The fourth-order valence-electron chi connectivity index (χ4n) is 5.29. The van der Waals surface area contributed by atoms with Crippen molar-refractivity contribution in [1.29, 1.82) is 0 Å². The van der Waals surface area contributed by atoms with Gasteiger partial charge in [0.25, 0.3) is 0 Å². The van der Waals surface area contributed by atoms with Gasteiger partial charge in [0.05, 0.1) is 18.8 Å². The Morgan fingerprint density at radius 2 is 2.08 bits per heavy atom. The Balaban J connectivity index is 1.78. The smallest absolute Gasteiger partial charge is 0.0804 e. The Labute approximate surface area is 145 Å². The van der Waals surface area contributed by atoms with Crippen LogP contribution in [0.1, 0.15) is 58.8 Å². The average Bonchev–Trinajstić information content (AvgIpc) is 2.92. The molecular formula is C21H32O3. The molecule has 0 radical (unpaired) electrons. The summed E-state index contributed by atoms with van der Waals surface area (Å²) in [5.41, 5.74) is 4.16. The van der Waals surface area contributed by atoms with Crippen molar-refractivity contribution in [2.75, 3.05) is 6.61 Å². The molecule has 5 atom stereocenters. The van der Waals surface area contributed by atoms with E-state index in [-0.39, 0.29) is 24.0 Å². The van der Waals surface area contributed by atoms with Crippen molar-refractivity contribution < 1.29 is 15.3 Å². The molecule has 3 aliphatic rings. The number of rotatable bonds is 4. The van der Waals surface area contributed by atoms with Crippen LogP contribution in [0.3, 0.4) is 0 Å². The zero-order valence-electron chi connectivity index (χ0n) is 15.0. The van der Waals surface area contributed by atoms with Gasteiger partial charge in [0.1, 0.15) is 0 Å². The molecule has 0 aromatic carbocycles. The molecule has 0 saturated heterocycles. The summed E-state index contributed by atoms with van der Waals surface area (Å²) in [6, 6.07) is 0. The average molecular weight is 332 g/mol. The van der Waals surface area contributed by atoms with Crippen LogP contribution in [0.4, 0.5) is 0 Å². The summed E-state index contributed by atoms with van der Waals surface area (Å²) in [4.78, 5) is 0. The summed E-state index contributed by atoms with van der Waals surface area (Å²) in [5.74, 6) is 0.671. The zero-order valence-corrected chi connectivity index (χ0v) is 15.0. The van der Waals surface area contributed by atoms with E-state index in [1.165, 1.54) is 16.7 Å². The maximum Gasteiger partial charge on any atom is 0.0804 e. The molecule has 3 rings (SSSR count). The zero-order chi connectivity index (χ0) is 17.3. The molecule has 0 aromatic heterocycles. The number of hydrogen-bond donors (Lipinski definition) is 3. The summed E-state index contributed by atoms with van der Waals surface area (Å²) in [7, 11) is 0. The predicted molar refractivity (Wildman–Crippen MR) is 96.4 cm³/mol. The van der Waals surface area contributed by atoms with E-state index in [4.69, 9.17) is 0 Å². The molecule has 0 aliphatic heterocycles. The molecule has 134 valence electrons. The SMILES string of the molecule is CC1=C(/C=C/C2=CCC[C@]3(C)[C@@H]([C@H](O)CO)CC[C@@H]23)C[C@@H](O)CC1. The normalized spacial score (nSPS) is 38.4. The molecule has 0 heterocycles. The first-order chi connectivity index (χ1) is 11.5. The van der Waals surface area contributed by atoms with Crippen LogP contribution in [-0.2, 0) is 0 Å². The highest BCUT2D eigenvalue weighted by atomic mass is 16.3. The van der Waals surface area contributed by atoms with Gasteiger partial charge in [0.15, 0.2) is 0 Å². The third-order valence-corrected chi connectivity index (χ3v) is 6.86. The molecule has 1 fully saturated rings. The van der Waals surface area contributed by atoms with Crippen molar-refractivity contribution in [2.45, 2.75) is 71.0 Å². The van der Waals surface area contributed by atoms with Gasteiger partial charge in [0.2, 0.25) is 0 Å². The van der Waals surface area contributed by atoms with Gasteiger partial charge in [-0.3, -0.25) is 0 Å². The van der Waals surface area contributed by atoms with Crippen LogP contribution in [0, 0.1) is 17.3 Å². The molecule has 0 unspecified atom stereocenters. The molecule has 0 amide bonds. The van der Waals surface area contributed by atoms with E-state index >= 15 is 0 Å². The van der Waals surface area contributed by atoms with Crippen LogP contribution in [0.25, 0.3) is 0 Å². The van der Waals surface area contributed by atoms with Gasteiger partial charge >= 0.3 is 0 Å². The lowest BCUT2D eigenvalue weighted by atomic mass is 9.64. The third kappa shape index (κ3) is 3.26. The Hall–Kier alpha value is -0.900. The summed E-state index contributed by atoms with van der Waals surface area (Å²) in [6.45, 7) is 4.34. The van der Waals surface area contributed by atoms with Crippen LogP contribution in [0.5, 0.6) is 0 Å². The van der Waals surface area contributed by atoms with Crippen LogP contribution >= 0.6 is 0 Å². The summed E-state index contributed by atoms with van der Waals surface area (Å²) in [6.07, 6.45) is 12.9. The Kier molecular flexibility index (Phi) is 5.33. The number of fused-ring (bicyclic) bond motifs is 1. The van der Waals surface area contributed by atoms with E-state index in [2.05, 4.69) is 32.1 Å². The lowest BCUT2D eigenvalue weighted by Crippen LogP contribution is -2.39. The minimum Gasteiger partial charge on any atom is -0.394 e. The topological polar surface area (TPSA) is 60.7 Å². The third-order valence-electron chi connectivity index (χ3n) is 6.86. The van der Waals surface area contributed by atoms with Crippen molar-refractivity contribution >= 4 is 0 Å². The molecule has 0 spiro atoms. The second kappa shape index (κ2) is 7.15. The van der Waals surface area contributed by atoms with Crippen LogP contribution in [-0.4, -0.2) is 34.1 Å². The van der Waals surface area contributed by atoms with E-state index < -0.39 is 6.10 Å². The van der Waals surface area contributed by atoms with Gasteiger partial charge in [-0.25, -0.2) is 0 Å². The predicted octanol–water partition coefficient (Wildman–Crippen LogP) is 3.51. The van der Waals surface area contributed by atoms with Gasteiger partial charge in [-0.1, -0.05) is 30.7 Å². The van der Waals surface area contributed by atoms with Crippen molar-refractivity contribution in [2.24, 2.45) is 17.3 Å². The number of aliphatic hydroxyl groups excluding tert-OH is 3. The molecule has 3 nitrogen and oxygen atoms in total. The number of hydrogen-bond acceptors (Lipinski definition) is 3. The molecule has 24 heavy (non-hydrogen) atoms. The van der Waals surface area contributed by atoms with Gasteiger partial charge in [-0.05, 0) is 80.3 Å². The van der Waals surface area contributed by atoms with Gasteiger partial charge in [-0.2, -0.15) is 0 Å². The van der Waals surface area contributed by atoms with Gasteiger partial charge in [0, 0.05) is 0 Å². The van der Waals surface area contributed by atoms with Crippen LogP contribution < -0.4 is 0 Å². The van der Waals surface area contributed by atoms with Gasteiger partial charge in [-0.15, -0.1) is 0 Å². The summed E-state index contributed by atoms with van der Waals surface area (Å²) < 4.78 is 0. The highest BCUT2D eigenvalue weighted by molar-refractivity contribution is 5.36. The van der Waals surface area contributed by atoms with Crippen molar-refractivity contribution in [1.82, 2.24) is 0 Å². The molecular weight excluding hydrogens is 300 g/mol. The quantitative estimate of drug-likeness (QED) is 0.738. The molecule has 3 aliphatic carbocycles. The largest absolute Gasteiger partial charge is 0.394 e. The fourth-order valence-corrected chi connectivity index (χ4v) is 5.29. The molecule has 0 bridgehead atoms. The standard InChI is InChI=1S/C21H32O3/c1-14-5-8-17(23)12-16(14)7-6-15-4-3-11-21(2)18(15)9-10-19(21)20(24)13-22/h4,6-7,17-20,22-24H,3,5,8-13H2,1-2H3/b7-6+/t17-,18-,19+,20+,21-/m0/s1. The van der Waals surface area contributed by atoms with E-state index in [0.29, 0.717) is 5.92 Å². The lowest BCUT2D eigenvalue weighted by Gasteiger charge is -2.42. The highest BCUT2D eigenvalue weighted by Crippen LogP contribution is 2.57. The maximum atomic E-state index is 10.2. The van der Waals surface area contributed by atoms with E-state index in [0.717, 1.165) is 44.9 Å². The van der Waals surface area contributed by atoms with Crippen molar-refractivity contribution in [3.8, 4) is 0 Å². The second-order valence-corrected chi connectivity index (χ2v) is 8.27. The van der Waals surface area contributed by atoms with Gasteiger partial charge < -0.3 is 15.3 Å². The number of aliphatic hydroxyl groups is 3. The lowest BCUT2D eigenvalue weighted by molar-refractivity contribution is -0.00841. The van der Waals surface area contributed by atoms with E-state index in [1.54, 1.807) is 0 Å². The van der Waals surface area contributed by atoms with Crippen molar-refractivity contribution in [3.05, 3.63) is 34.9 Å². The Morgan fingerprint density at radius 3 is 2.83 bits per heavy atom. The highest BCUT2D eigenvalue weighted by Gasteiger charge is 2.50. The first-order valence-electron chi connectivity index (χ1n) is 9.49. The maximum absolute atomic E-state index is 10.2. The van der Waals surface area contributed by atoms with Crippen molar-refractivity contribution in [3.63, 3.8) is 0 Å². The van der Waals surface area contributed by atoms with Crippen LogP contribution in [0.2, 0.25) is 0 Å². The van der Waals surface area contributed by atoms with E-state index in [9.17, 15) is 15.3 Å². The fraction of sp³-hybridized carbons (Fsp3) is 0.714. The van der Waals surface area contributed by atoms with E-state index in [1.807, 2.05) is 0 Å². The summed E-state index contributed by atoms with van der Waals surface area (Å²) >= 11 is 0. The monoisotopic (exact) mass is 332 g/mol. The number of allylic oxidation sites excluding steroid dienone is 5. The minimum atomic E-state index is -0.596.